The molecule has 0 bridgehead atoms. The van der Waals surface area contributed by atoms with E-state index in [1.165, 1.54) is 4.68 Å². The summed E-state index contributed by atoms with van der Waals surface area (Å²) >= 11 is 7.11. The Bertz CT molecular complexity index is 1550. The van der Waals surface area contributed by atoms with E-state index in [-0.39, 0.29) is 11.5 Å². The van der Waals surface area contributed by atoms with Gasteiger partial charge in [-0.3, -0.25) is 4.79 Å². The predicted octanol–water partition coefficient (Wildman–Crippen LogP) is 7.48. The third-order valence-corrected chi connectivity index (χ3v) is 7.06. The van der Waals surface area contributed by atoms with Gasteiger partial charge in [0.05, 0.1) is 33.2 Å². The van der Waals surface area contributed by atoms with Gasteiger partial charge < -0.3 is 9.47 Å². The van der Waals surface area contributed by atoms with Crippen LogP contribution in [0.2, 0.25) is 0 Å². The highest BCUT2D eigenvalue weighted by molar-refractivity contribution is 9.11. The Morgan fingerprint density at radius 2 is 1.84 bits per heavy atom. The minimum absolute atomic E-state index is 0.218. The van der Waals surface area contributed by atoms with Crippen molar-refractivity contribution < 1.29 is 9.47 Å². The Kier molecular flexibility index (Phi) is 8.29. The number of aromatic nitrogens is 2. The second kappa shape index (κ2) is 11.4. The summed E-state index contributed by atoms with van der Waals surface area (Å²) in [5.41, 5.74) is 3.92. The molecule has 1 heterocycles. The summed E-state index contributed by atoms with van der Waals surface area (Å²) < 4.78 is 14.2. The van der Waals surface area contributed by atoms with Crippen molar-refractivity contribution in [2.45, 2.75) is 26.7 Å². The van der Waals surface area contributed by atoms with Crippen molar-refractivity contribution in [1.82, 2.24) is 9.66 Å². The van der Waals surface area contributed by atoms with Gasteiger partial charge in [-0.2, -0.15) is 9.78 Å². The Hall–Kier alpha value is -3.23. The molecule has 0 N–H and O–H groups in total. The summed E-state index contributed by atoms with van der Waals surface area (Å²) in [5.74, 6) is 2.15. The highest BCUT2D eigenvalue weighted by atomic mass is 79.9. The Morgan fingerprint density at radius 1 is 1.14 bits per heavy atom. The number of hydrogen-bond acceptors (Lipinski definition) is 5. The molecular formula is C29H27Br2N3O3. The van der Waals surface area contributed by atoms with Gasteiger partial charge in [0, 0.05) is 5.56 Å². The Morgan fingerprint density at radius 3 is 2.49 bits per heavy atom. The minimum atomic E-state index is -0.248. The van der Waals surface area contributed by atoms with Crippen LogP contribution in [-0.4, -0.2) is 29.6 Å². The van der Waals surface area contributed by atoms with Gasteiger partial charge in [0.15, 0.2) is 5.82 Å². The lowest BCUT2D eigenvalue weighted by molar-refractivity contribution is 0.358. The Labute approximate surface area is 232 Å². The molecular weight excluding hydrogens is 598 g/mol. The number of methoxy groups -OCH3 is 1. The van der Waals surface area contributed by atoms with E-state index in [0.29, 0.717) is 29.1 Å². The Balaban J connectivity index is 1.92. The normalized spacial score (nSPS) is 11.4. The lowest BCUT2D eigenvalue weighted by Crippen LogP contribution is -2.20. The molecule has 3 aromatic carbocycles. The second-order valence-electron chi connectivity index (χ2n) is 8.79. The molecule has 0 amide bonds. The van der Waals surface area contributed by atoms with Gasteiger partial charge in [0.2, 0.25) is 0 Å². The number of rotatable bonds is 8. The molecule has 8 heteroatoms. The number of nitrogens with zero attached hydrogens (tertiary/aromatic N) is 3. The molecule has 0 unspecified atom stereocenters. The molecule has 0 saturated heterocycles. The molecule has 0 saturated carbocycles. The number of hydrogen-bond donors (Lipinski definition) is 0. The first-order valence-electron chi connectivity index (χ1n) is 11.7. The fraction of sp³-hybridized carbons (Fsp3) is 0.207. The maximum Gasteiger partial charge on any atom is 0.282 e. The highest BCUT2D eigenvalue weighted by Gasteiger charge is 2.18. The maximum absolute atomic E-state index is 13.6. The van der Waals surface area contributed by atoms with Gasteiger partial charge in [-0.15, -0.1) is 0 Å². The number of fused-ring (bicyclic) bond motifs is 1. The zero-order valence-electron chi connectivity index (χ0n) is 21.1. The topological polar surface area (TPSA) is 65.7 Å². The van der Waals surface area contributed by atoms with E-state index >= 15 is 0 Å². The number of halogens is 2. The molecule has 1 aromatic heterocycles. The predicted molar refractivity (Wildman–Crippen MR) is 157 cm³/mol. The molecule has 0 atom stereocenters. The number of para-hydroxylation sites is 1. The molecule has 6 nitrogen and oxygen atoms in total. The summed E-state index contributed by atoms with van der Waals surface area (Å²) in [5, 5.41) is 5.12. The monoisotopic (exact) mass is 623 g/mol. The zero-order chi connectivity index (χ0) is 26.7. The summed E-state index contributed by atoms with van der Waals surface area (Å²) in [6.45, 7) is 10.3. The average Bonchev–Trinajstić information content (AvgIpc) is 2.87. The van der Waals surface area contributed by atoms with Crippen molar-refractivity contribution in [3.8, 4) is 22.9 Å². The van der Waals surface area contributed by atoms with Crippen molar-refractivity contribution in [2.75, 3.05) is 13.7 Å². The largest absolute Gasteiger partial charge is 0.496 e. The van der Waals surface area contributed by atoms with E-state index in [4.69, 9.17) is 14.5 Å². The highest BCUT2D eigenvalue weighted by Crippen LogP contribution is 2.35. The van der Waals surface area contributed by atoms with Crippen LogP contribution in [0, 0.1) is 6.92 Å². The summed E-state index contributed by atoms with van der Waals surface area (Å²) in [6.07, 6.45) is 3.32. The molecule has 4 rings (SSSR count). The summed E-state index contributed by atoms with van der Waals surface area (Å²) in [7, 11) is 1.67. The molecule has 0 spiro atoms. The van der Waals surface area contributed by atoms with E-state index < -0.39 is 0 Å². The first-order valence-corrected chi connectivity index (χ1v) is 13.3. The average molecular weight is 625 g/mol. The third-order valence-electron chi connectivity index (χ3n) is 5.88. The van der Waals surface area contributed by atoms with Crippen molar-refractivity contribution >= 4 is 49.0 Å². The van der Waals surface area contributed by atoms with Gasteiger partial charge >= 0.3 is 0 Å². The second-order valence-corrected chi connectivity index (χ2v) is 10.5. The SMILES string of the molecule is C=CCOc1c(Br)cc(C=Nn2c(-c3cc(C(C)C)c(OC)cc3C)nc3ccccc3c2=O)cc1Br. The molecule has 37 heavy (non-hydrogen) atoms. The lowest BCUT2D eigenvalue weighted by atomic mass is 9.96. The first kappa shape index (κ1) is 26.8. The quantitative estimate of drug-likeness (QED) is 0.151. The number of benzene rings is 3. The third kappa shape index (κ3) is 5.55. The van der Waals surface area contributed by atoms with E-state index in [2.05, 4.69) is 57.4 Å². The van der Waals surface area contributed by atoms with Crippen molar-refractivity contribution in [3.63, 3.8) is 0 Å². The van der Waals surface area contributed by atoms with Crippen LogP contribution in [0.15, 0.2) is 80.0 Å². The van der Waals surface area contributed by atoms with Crippen LogP contribution in [0.3, 0.4) is 0 Å². The van der Waals surface area contributed by atoms with E-state index in [9.17, 15) is 4.79 Å². The molecule has 4 aromatic rings. The number of ether oxygens (including phenoxy) is 2. The summed E-state index contributed by atoms with van der Waals surface area (Å²) in [6, 6.07) is 15.1. The van der Waals surface area contributed by atoms with Gasteiger partial charge in [-0.25, -0.2) is 4.98 Å². The fourth-order valence-corrected chi connectivity index (χ4v) is 5.48. The molecule has 0 aliphatic heterocycles. The van der Waals surface area contributed by atoms with Crippen LogP contribution in [0.1, 0.15) is 36.5 Å². The minimum Gasteiger partial charge on any atom is -0.496 e. The summed E-state index contributed by atoms with van der Waals surface area (Å²) in [4.78, 5) is 18.5. The van der Waals surface area contributed by atoms with Crippen molar-refractivity contribution in [2.24, 2.45) is 5.10 Å². The van der Waals surface area contributed by atoms with Gasteiger partial charge in [0.1, 0.15) is 18.1 Å². The standard InChI is InChI=1S/C29H27Br2N3O3/c1-6-11-37-27-23(30)13-19(14-24(27)31)16-32-34-28(33-25-10-8-7-9-20(25)29(34)35)22-15-21(17(2)3)26(36-5)12-18(22)4/h6-10,12-17H,1,11H2,2-5H3. The van der Waals surface area contributed by atoms with Crippen LogP contribution in [-0.2, 0) is 0 Å². The van der Waals surface area contributed by atoms with Crippen molar-refractivity contribution in [1.29, 1.82) is 0 Å². The molecule has 0 aliphatic rings. The fourth-order valence-electron chi connectivity index (χ4n) is 4.03. The van der Waals surface area contributed by atoms with Gasteiger partial charge in [-0.1, -0.05) is 38.6 Å². The lowest BCUT2D eigenvalue weighted by Gasteiger charge is -2.17. The molecule has 0 fully saturated rings. The molecule has 190 valence electrons. The first-order chi connectivity index (χ1) is 17.7. The zero-order valence-corrected chi connectivity index (χ0v) is 24.3. The number of aryl methyl sites for hydroxylation is 1. The smallest absolute Gasteiger partial charge is 0.282 e. The van der Waals surface area contributed by atoms with E-state index in [1.807, 2.05) is 49.4 Å². The van der Waals surface area contributed by atoms with Gasteiger partial charge in [-0.05, 0) is 97.8 Å². The van der Waals surface area contributed by atoms with E-state index in [0.717, 1.165) is 36.9 Å². The van der Waals surface area contributed by atoms with Crippen LogP contribution in [0.4, 0.5) is 0 Å². The van der Waals surface area contributed by atoms with E-state index in [1.54, 1.807) is 25.5 Å². The van der Waals surface area contributed by atoms with Gasteiger partial charge in [0.25, 0.3) is 5.56 Å². The van der Waals surface area contributed by atoms with Crippen LogP contribution >= 0.6 is 31.9 Å². The van der Waals surface area contributed by atoms with Crippen molar-refractivity contribution in [3.05, 3.63) is 97.2 Å². The van der Waals surface area contributed by atoms with Crippen LogP contribution in [0.5, 0.6) is 11.5 Å². The molecule has 0 aliphatic carbocycles. The molecule has 0 radical (unpaired) electrons. The van der Waals surface area contributed by atoms with Crippen LogP contribution in [0.25, 0.3) is 22.3 Å². The maximum atomic E-state index is 13.6. The van der Waals surface area contributed by atoms with Crippen LogP contribution < -0.4 is 15.0 Å².